The van der Waals surface area contributed by atoms with Crippen molar-refractivity contribution in [2.24, 2.45) is 11.1 Å². The van der Waals surface area contributed by atoms with Gasteiger partial charge in [0, 0.05) is 12.8 Å². The van der Waals surface area contributed by atoms with Crippen LogP contribution < -0.4 is 0 Å². The third-order valence-electron chi connectivity index (χ3n) is 5.15. The summed E-state index contributed by atoms with van der Waals surface area (Å²) in [6.45, 7) is 6.50. The first kappa shape index (κ1) is 22.4. The molecule has 6 heteroatoms. The summed E-state index contributed by atoms with van der Waals surface area (Å²) >= 11 is 0. The van der Waals surface area contributed by atoms with E-state index in [0.717, 1.165) is 49.8 Å². The quantitative estimate of drug-likeness (QED) is 0.338. The highest BCUT2D eigenvalue weighted by atomic mass is 16.7. The molecule has 156 valence electrons. The second-order valence-corrected chi connectivity index (χ2v) is 7.48. The Morgan fingerprint density at radius 3 is 2.68 bits per heavy atom. The third-order valence-corrected chi connectivity index (χ3v) is 5.15. The van der Waals surface area contributed by atoms with Crippen molar-refractivity contribution in [3.8, 4) is 0 Å². The number of unbranched alkanes of at least 4 members (excludes halogenated alkanes) is 2. The fourth-order valence-corrected chi connectivity index (χ4v) is 3.23. The molecule has 28 heavy (non-hydrogen) atoms. The largest absolute Gasteiger partial charge is 0.477 e. The fraction of sp³-hybridized carbons (Fsp3) is 0.636. The Morgan fingerprint density at radius 1 is 1.29 bits per heavy atom. The number of oxime groups is 1. The number of ether oxygens (including phenoxy) is 2. The van der Waals surface area contributed by atoms with Gasteiger partial charge in [0.05, 0.1) is 18.4 Å². The topological polar surface area (TPSA) is 77.4 Å². The molecule has 1 heterocycles. The summed E-state index contributed by atoms with van der Waals surface area (Å²) in [5.41, 5.74) is 2.11. The van der Waals surface area contributed by atoms with E-state index in [1.165, 1.54) is 6.92 Å². The average Bonchev–Trinajstić information content (AvgIpc) is 2.69. The SMILES string of the molecule is CCCCC(=NOCCCCC1COC(C)(C(=O)O)OC1C)c1ccccc1. The molecule has 0 radical (unpaired) electrons. The van der Waals surface area contributed by atoms with Gasteiger partial charge < -0.3 is 19.4 Å². The lowest BCUT2D eigenvalue weighted by molar-refractivity contribution is -0.292. The molecule has 6 nitrogen and oxygen atoms in total. The molecule has 0 spiro atoms. The fourth-order valence-electron chi connectivity index (χ4n) is 3.23. The average molecular weight is 392 g/mol. The summed E-state index contributed by atoms with van der Waals surface area (Å²) in [4.78, 5) is 16.8. The lowest BCUT2D eigenvalue weighted by Gasteiger charge is -2.39. The number of nitrogens with zero attached hydrogens (tertiary/aromatic N) is 1. The Labute approximate surface area is 167 Å². The van der Waals surface area contributed by atoms with Crippen molar-refractivity contribution in [3.05, 3.63) is 35.9 Å². The molecule has 1 aliphatic rings. The van der Waals surface area contributed by atoms with Crippen LogP contribution in [-0.4, -0.2) is 41.9 Å². The maximum atomic E-state index is 11.2. The van der Waals surface area contributed by atoms with Crippen molar-refractivity contribution >= 4 is 11.7 Å². The monoisotopic (exact) mass is 391 g/mol. The van der Waals surface area contributed by atoms with E-state index in [9.17, 15) is 9.90 Å². The molecule has 0 amide bonds. The minimum atomic E-state index is -1.53. The zero-order chi connectivity index (χ0) is 20.4. The van der Waals surface area contributed by atoms with Crippen LogP contribution in [0.2, 0.25) is 0 Å². The Hall–Kier alpha value is -1.92. The van der Waals surface area contributed by atoms with E-state index >= 15 is 0 Å². The van der Waals surface area contributed by atoms with Crippen LogP contribution in [0.4, 0.5) is 0 Å². The van der Waals surface area contributed by atoms with Crippen LogP contribution in [0.5, 0.6) is 0 Å². The molecule has 1 aromatic carbocycles. The van der Waals surface area contributed by atoms with Crippen LogP contribution in [0.3, 0.4) is 0 Å². The number of rotatable bonds is 11. The Bertz CT molecular complexity index is 633. The van der Waals surface area contributed by atoms with Gasteiger partial charge >= 0.3 is 5.97 Å². The van der Waals surface area contributed by atoms with Gasteiger partial charge in [0.25, 0.3) is 5.79 Å². The zero-order valence-electron chi connectivity index (χ0n) is 17.2. The Balaban J connectivity index is 1.72. The van der Waals surface area contributed by atoms with E-state index in [1.807, 2.05) is 25.1 Å². The zero-order valence-corrected chi connectivity index (χ0v) is 17.2. The van der Waals surface area contributed by atoms with Gasteiger partial charge in [-0.15, -0.1) is 0 Å². The van der Waals surface area contributed by atoms with Crippen molar-refractivity contribution in [2.45, 2.75) is 71.2 Å². The standard InChI is InChI=1S/C22H33NO5/c1-4-5-14-20(18-11-7-6-8-12-18)23-27-15-10-9-13-19-16-26-22(3,21(24)25)28-17(19)2/h6-8,11-12,17,19H,4-5,9-10,13-16H2,1-3H3,(H,24,25). The van der Waals surface area contributed by atoms with Crippen LogP contribution in [0, 0.1) is 5.92 Å². The number of hydrogen-bond acceptors (Lipinski definition) is 5. The lowest BCUT2D eigenvalue weighted by Crippen LogP contribution is -2.51. The van der Waals surface area contributed by atoms with E-state index in [0.29, 0.717) is 13.2 Å². The summed E-state index contributed by atoms with van der Waals surface area (Å²) in [5, 5.41) is 13.5. The van der Waals surface area contributed by atoms with Crippen molar-refractivity contribution in [2.75, 3.05) is 13.2 Å². The number of benzene rings is 1. The van der Waals surface area contributed by atoms with Crippen molar-refractivity contribution in [1.29, 1.82) is 0 Å². The van der Waals surface area contributed by atoms with E-state index in [4.69, 9.17) is 14.3 Å². The van der Waals surface area contributed by atoms with Crippen LogP contribution in [0.15, 0.2) is 35.5 Å². The van der Waals surface area contributed by atoms with Gasteiger partial charge in [0.1, 0.15) is 6.61 Å². The van der Waals surface area contributed by atoms with Gasteiger partial charge in [0.2, 0.25) is 0 Å². The van der Waals surface area contributed by atoms with E-state index in [2.05, 4.69) is 24.2 Å². The van der Waals surface area contributed by atoms with E-state index in [-0.39, 0.29) is 12.0 Å². The van der Waals surface area contributed by atoms with Crippen molar-refractivity contribution in [1.82, 2.24) is 0 Å². The smallest absolute Gasteiger partial charge is 0.364 e. The molecule has 1 saturated heterocycles. The van der Waals surface area contributed by atoms with Gasteiger partial charge in [-0.25, -0.2) is 4.79 Å². The van der Waals surface area contributed by atoms with Gasteiger partial charge in [-0.3, -0.25) is 0 Å². The number of hydrogen-bond donors (Lipinski definition) is 1. The molecular weight excluding hydrogens is 358 g/mol. The normalized spacial score (nSPS) is 25.5. The van der Waals surface area contributed by atoms with Crippen molar-refractivity contribution < 1.29 is 24.2 Å². The highest BCUT2D eigenvalue weighted by Crippen LogP contribution is 2.29. The molecule has 1 fully saturated rings. The lowest BCUT2D eigenvalue weighted by atomic mass is 9.96. The van der Waals surface area contributed by atoms with Gasteiger partial charge in [0.15, 0.2) is 0 Å². The predicted octanol–water partition coefficient (Wildman–Crippen LogP) is 4.62. The van der Waals surface area contributed by atoms with Gasteiger partial charge in [-0.05, 0) is 44.6 Å². The van der Waals surface area contributed by atoms with Gasteiger partial charge in [-0.2, -0.15) is 0 Å². The second-order valence-electron chi connectivity index (χ2n) is 7.48. The molecule has 3 unspecified atom stereocenters. The summed E-state index contributed by atoms with van der Waals surface area (Å²) in [6.07, 6.45) is 5.73. The van der Waals surface area contributed by atoms with Crippen LogP contribution >= 0.6 is 0 Å². The number of carboxylic acids is 1. The molecule has 1 aliphatic heterocycles. The highest BCUT2D eigenvalue weighted by Gasteiger charge is 2.43. The minimum Gasteiger partial charge on any atom is -0.477 e. The third kappa shape index (κ3) is 6.60. The number of aliphatic carboxylic acids is 1. The van der Waals surface area contributed by atoms with E-state index in [1.54, 1.807) is 0 Å². The second kappa shape index (κ2) is 11.2. The molecule has 0 aliphatic carbocycles. The Morgan fingerprint density at radius 2 is 2.04 bits per heavy atom. The minimum absolute atomic E-state index is 0.146. The molecule has 0 bridgehead atoms. The maximum Gasteiger partial charge on any atom is 0.364 e. The first-order valence-electron chi connectivity index (χ1n) is 10.3. The number of carbonyl (C=O) groups is 1. The van der Waals surface area contributed by atoms with Crippen LogP contribution in [0.1, 0.15) is 64.9 Å². The highest BCUT2D eigenvalue weighted by molar-refractivity contribution is 6.00. The van der Waals surface area contributed by atoms with Crippen LogP contribution in [0.25, 0.3) is 0 Å². The molecule has 2 rings (SSSR count). The van der Waals surface area contributed by atoms with E-state index < -0.39 is 11.8 Å². The molecule has 1 N–H and O–H groups in total. The summed E-state index contributed by atoms with van der Waals surface area (Å²) in [5.74, 6) is -2.42. The molecule has 3 atom stereocenters. The molecule has 0 aromatic heterocycles. The number of carboxylic acid groups (broad SMARTS) is 1. The van der Waals surface area contributed by atoms with Crippen molar-refractivity contribution in [3.63, 3.8) is 0 Å². The first-order chi connectivity index (χ1) is 13.5. The molecule has 1 aromatic rings. The maximum absolute atomic E-state index is 11.2. The predicted molar refractivity (Wildman–Crippen MR) is 108 cm³/mol. The summed E-state index contributed by atoms with van der Waals surface area (Å²) < 4.78 is 11.0. The Kier molecular flexibility index (Phi) is 8.93. The first-order valence-corrected chi connectivity index (χ1v) is 10.3. The van der Waals surface area contributed by atoms with Gasteiger partial charge in [-0.1, -0.05) is 48.8 Å². The summed E-state index contributed by atoms with van der Waals surface area (Å²) in [6, 6.07) is 10.2. The molecule has 0 saturated carbocycles. The van der Waals surface area contributed by atoms with Crippen LogP contribution in [-0.2, 0) is 19.1 Å². The molecular formula is C22H33NO5. The summed E-state index contributed by atoms with van der Waals surface area (Å²) in [7, 11) is 0.